The van der Waals surface area contributed by atoms with Crippen molar-refractivity contribution >= 4 is 22.7 Å². The quantitative estimate of drug-likeness (QED) is 0.398. The van der Waals surface area contributed by atoms with Crippen LogP contribution in [0.3, 0.4) is 0 Å². The molecule has 4 rings (SSSR count). The molecule has 0 amide bonds. The smallest absolute Gasteiger partial charge is 0.136 e. The fourth-order valence-corrected chi connectivity index (χ4v) is 5.83. The molecule has 2 heterocycles. The molecule has 0 radical (unpaired) electrons. The van der Waals surface area contributed by atoms with Gasteiger partial charge >= 0.3 is 0 Å². The van der Waals surface area contributed by atoms with Crippen molar-refractivity contribution in [3.63, 3.8) is 0 Å². The van der Waals surface area contributed by atoms with Crippen LogP contribution < -0.4 is 4.74 Å². The highest BCUT2D eigenvalue weighted by atomic mass is 32.2. The van der Waals surface area contributed by atoms with Gasteiger partial charge in [-0.1, -0.05) is 12.1 Å². The van der Waals surface area contributed by atoms with Crippen molar-refractivity contribution < 1.29 is 19.3 Å². The highest BCUT2D eigenvalue weighted by molar-refractivity contribution is 7.99. The summed E-state index contributed by atoms with van der Waals surface area (Å²) >= 11 is 1.54. The third-order valence-corrected chi connectivity index (χ3v) is 7.89. The van der Waals surface area contributed by atoms with E-state index < -0.39 is 6.10 Å². The van der Waals surface area contributed by atoms with E-state index in [1.807, 2.05) is 36.4 Å². The number of pyridine rings is 1. The van der Waals surface area contributed by atoms with Crippen molar-refractivity contribution in [3.05, 3.63) is 66.1 Å². The minimum Gasteiger partial charge on any atom is -0.497 e. The Kier molecular flexibility index (Phi) is 8.78. The monoisotopic (exact) mass is 484 g/mol. The Morgan fingerprint density at radius 3 is 2.85 bits per heavy atom. The zero-order valence-corrected chi connectivity index (χ0v) is 20.4. The lowest BCUT2D eigenvalue weighted by atomic mass is 9.81. The van der Waals surface area contributed by atoms with Crippen LogP contribution in [-0.2, 0) is 0 Å². The Labute approximate surface area is 205 Å². The second-order valence-corrected chi connectivity index (χ2v) is 10.1. The van der Waals surface area contributed by atoms with Gasteiger partial charge in [-0.05, 0) is 79.6 Å². The van der Waals surface area contributed by atoms with Gasteiger partial charge in [0.1, 0.15) is 11.6 Å². The van der Waals surface area contributed by atoms with Crippen LogP contribution in [0.1, 0.15) is 30.9 Å². The number of aliphatic hydroxyl groups excluding tert-OH is 2. The molecule has 1 aliphatic rings. The van der Waals surface area contributed by atoms with Crippen molar-refractivity contribution in [2.24, 2.45) is 11.8 Å². The zero-order valence-electron chi connectivity index (χ0n) is 19.6. The molecule has 2 aromatic carbocycles. The average Bonchev–Trinajstić information content (AvgIpc) is 2.88. The average molecular weight is 485 g/mol. The molecule has 34 heavy (non-hydrogen) atoms. The number of methoxy groups -OCH3 is 1. The number of hydrogen-bond donors (Lipinski definition) is 2. The SMILES string of the molecule is COc1ccc2nccc([C@H](O)CC[C@@H]3CCN(CCSc4ccccc4F)C[C@@H]3CO)c2c1. The van der Waals surface area contributed by atoms with Gasteiger partial charge in [-0.3, -0.25) is 4.98 Å². The number of ether oxygens (including phenoxy) is 1. The zero-order chi connectivity index (χ0) is 23.9. The van der Waals surface area contributed by atoms with Crippen LogP contribution >= 0.6 is 11.8 Å². The second-order valence-electron chi connectivity index (χ2n) is 8.95. The normalized spacial score (nSPS) is 19.9. The molecular weight excluding hydrogens is 451 g/mol. The Morgan fingerprint density at radius 2 is 2.06 bits per heavy atom. The molecule has 2 N–H and O–H groups in total. The van der Waals surface area contributed by atoms with Crippen LogP contribution in [0.5, 0.6) is 5.75 Å². The number of likely N-dealkylation sites (tertiary alicyclic amines) is 1. The van der Waals surface area contributed by atoms with Crippen LogP contribution in [0.15, 0.2) is 59.6 Å². The summed E-state index contributed by atoms with van der Waals surface area (Å²) in [5, 5.41) is 21.9. The predicted octanol–water partition coefficient (Wildman–Crippen LogP) is 4.92. The molecule has 0 aliphatic carbocycles. The number of hydrogen-bond acceptors (Lipinski definition) is 6. The predicted molar refractivity (Wildman–Crippen MR) is 135 cm³/mol. The van der Waals surface area contributed by atoms with E-state index in [9.17, 15) is 14.6 Å². The van der Waals surface area contributed by atoms with Gasteiger partial charge in [0.2, 0.25) is 0 Å². The summed E-state index contributed by atoms with van der Waals surface area (Å²) in [6.07, 6.45) is 3.64. The molecule has 3 aromatic rings. The third kappa shape index (κ3) is 6.08. The lowest BCUT2D eigenvalue weighted by Crippen LogP contribution is -2.43. The summed E-state index contributed by atoms with van der Waals surface area (Å²) in [5.74, 6) is 1.96. The van der Waals surface area contributed by atoms with E-state index in [2.05, 4.69) is 9.88 Å². The molecule has 1 aliphatic heterocycles. The van der Waals surface area contributed by atoms with Crippen molar-refractivity contribution in [2.45, 2.75) is 30.3 Å². The number of thioether (sulfide) groups is 1. The van der Waals surface area contributed by atoms with Crippen LogP contribution in [0.4, 0.5) is 4.39 Å². The lowest BCUT2D eigenvalue weighted by molar-refractivity contribution is 0.0608. The van der Waals surface area contributed by atoms with Crippen LogP contribution in [0.2, 0.25) is 0 Å². The molecule has 1 fully saturated rings. The van der Waals surface area contributed by atoms with Gasteiger partial charge in [-0.2, -0.15) is 0 Å². The Balaban J connectivity index is 1.30. The van der Waals surface area contributed by atoms with Gasteiger partial charge in [0.25, 0.3) is 0 Å². The Morgan fingerprint density at radius 1 is 1.21 bits per heavy atom. The summed E-state index contributed by atoms with van der Waals surface area (Å²) in [6.45, 7) is 2.82. The van der Waals surface area contributed by atoms with Gasteiger partial charge in [0, 0.05) is 41.9 Å². The minimum atomic E-state index is -0.591. The summed E-state index contributed by atoms with van der Waals surface area (Å²) < 4.78 is 19.2. The summed E-state index contributed by atoms with van der Waals surface area (Å²) in [4.78, 5) is 7.46. The van der Waals surface area contributed by atoms with E-state index in [4.69, 9.17) is 4.74 Å². The first kappa shape index (κ1) is 24.9. The van der Waals surface area contributed by atoms with E-state index in [0.29, 0.717) is 17.2 Å². The van der Waals surface area contributed by atoms with Gasteiger partial charge in [-0.15, -0.1) is 11.8 Å². The van der Waals surface area contributed by atoms with Crippen molar-refractivity contribution in [2.75, 3.05) is 39.1 Å². The van der Waals surface area contributed by atoms with Crippen molar-refractivity contribution in [3.8, 4) is 5.75 Å². The number of fused-ring (bicyclic) bond motifs is 1. The van der Waals surface area contributed by atoms with E-state index in [1.165, 1.54) is 17.8 Å². The van der Waals surface area contributed by atoms with E-state index in [0.717, 1.165) is 60.4 Å². The number of piperidine rings is 1. The Hall–Kier alpha value is -2.19. The molecule has 0 unspecified atom stereocenters. The summed E-state index contributed by atoms with van der Waals surface area (Å²) in [7, 11) is 1.63. The van der Waals surface area contributed by atoms with Crippen LogP contribution in [-0.4, -0.2) is 59.2 Å². The van der Waals surface area contributed by atoms with Gasteiger partial charge < -0.3 is 19.8 Å². The van der Waals surface area contributed by atoms with E-state index in [1.54, 1.807) is 19.4 Å². The number of benzene rings is 2. The molecule has 1 aromatic heterocycles. The maximum absolute atomic E-state index is 13.8. The number of nitrogens with zero attached hydrogens (tertiary/aromatic N) is 2. The first-order valence-corrected chi connectivity index (χ1v) is 12.9. The largest absolute Gasteiger partial charge is 0.497 e. The molecule has 182 valence electrons. The van der Waals surface area contributed by atoms with Crippen molar-refractivity contribution in [1.29, 1.82) is 0 Å². The minimum absolute atomic E-state index is 0.146. The van der Waals surface area contributed by atoms with Crippen LogP contribution in [0, 0.1) is 17.7 Å². The maximum atomic E-state index is 13.8. The molecular formula is C27H33FN2O3S. The fraction of sp³-hybridized carbons (Fsp3) is 0.444. The molecule has 0 spiro atoms. The third-order valence-electron chi connectivity index (χ3n) is 6.86. The van der Waals surface area contributed by atoms with Gasteiger partial charge in [-0.25, -0.2) is 4.39 Å². The number of rotatable bonds is 10. The van der Waals surface area contributed by atoms with Gasteiger partial charge in [0.05, 0.1) is 18.7 Å². The van der Waals surface area contributed by atoms with Crippen LogP contribution in [0.25, 0.3) is 10.9 Å². The molecule has 5 nitrogen and oxygen atoms in total. The number of halogens is 1. The van der Waals surface area contributed by atoms with E-state index >= 15 is 0 Å². The fourth-order valence-electron chi connectivity index (χ4n) is 4.88. The highest BCUT2D eigenvalue weighted by Crippen LogP contribution is 2.33. The number of aromatic nitrogens is 1. The first-order valence-electron chi connectivity index (χ1n) is 11.9. The molecule has 3 atom stereocenters. The topological polar surface area (TPSA) is 65.8 Å². The first-order chi connectivity index (χ1) is 16.6. The Bertz CT molecular complexity index is 1080. The second kappa shape index (κ2) is 12.0. The van der Waals surface area contributed by atoms with Gasteiger partial charge in [0.15, 0.2) is 0 Å². The molecule has 0 bridgehead atoms. The lowest BCUT2D eigenvalue weighted by Gasteiger charge is -2.38. The molecule has 1 saturated heterocycles. The van der Waals surface area contributed by atoms with Crippen molar-refractivity contribution in [1.82, 2.24) is 9.88 Å². The summed E-state index contributed by atoms with van der Waals surface area (Å²) in [6, 6.07) is 14.5. The van der Waals surface area contributed by atoms with E-state index in [-0.39, 0.29) is 18.3 Å². The number of aliphatic hydroxyl groups is 2. The highest BCUT2D eigenvalue weighted by Gasteiger charge is 2.29. The maximum Gasteiger partial charge on any atom is 0.136 e. The molecule has 0 saturated carbocycles. The molecule has 7 heteroatoms. The summed E-state index contributed by atoms with van der Waals surface area (Å²) in [5.41, 5.74) is 1.71. The standard InChI is InChI=1S/C27H33FN2O3S/c1-33-21-7-8-25-23(16-21)22(10-12-29-25)26(32)9-6-19-11-13-30(17-20(19)18-31)14-15-34-27-5-3-2-4-24(27)28/h2-5,7-8,10,12,16,19-20,26,31-32H,6,9,11,13-15,17-18H2,1H3/t19-,20-,26-/m1/s1.